The number of nitrogens with one attached hydrogen (secondary N) is 2. The first-order chi connectivity index (χ1) is 20.4. The smallest absolute Gasteiger partial charge is 0.447 e. The predicted molar refractivity (Wildman–Crippen MR) is 158 cm³/mol. The van der Waals surface area contributed by atoms with Crippen molar-refractivity contribution >= 4 is 25.9 Å². The number of carbonyl (C=O) groups excluding carboxylic acids is 1. The molecular formula is C27H41N5O10Si. The van der Waals surface area contributed by atoms with Crippen molar-refractivity contribution in [1.82, 2.24) is 24.8 Å². The van der Waals surface area contributed by atoms with Crippen LogP contribution < -0.4 is 16.6 Å². The number of alkyl carbamates (subject to hydrolysis) is 1. The van der Waals surface area contributed by atoms with Crippen LogP contribution in [-0.2, 0) is 24.6 Å². The van der Waals surface area contributed by atoms with Gasteiger partial charge in [-0.15, -0.1) is 0 Å². The number of rotatable bonds is 16. The minimum absolute atomic E-state index is 0.0917. The van der Waals surface area contributed by atoms with Crippen LogP contribution in [0.5, 0.6) is 0 Å². The Bertz CT molecular complexity index is 1450. The molecule has 16 heteroatoms. The summed E-state index contributed by atoms with van der Waals surface area (Å²) in [6.07, 6.45) is -5.34. The van der Waals surface area contributed by atoms with Gasteiger partial charge in [0.05, 0.1) is 17.6 Å². The van der Waals surface area contributed by atoms with Crippen molar-refractivity contribution in [1.29, 1.82) is 0 Å². The van der Waals surface area contributed by atoms with E-state index in [-0.39, 0.29) is 24.6 Å². The van der Waals surface area contributed by atoms with Gasteiger partial charge in [0.1, 0.15) is 24.9 Å². The molecule has 1 amide bonds. The number of aliphatic hydroxyl groups is 3. The van der Waals surface area contributed by atoms with Crippen molar-refractivity contribution in [3.05, 3.63) is 44.1 Å². The Balaban J connectivity index is 1.63. The second-order valence-electron chi connectivity index (χ2n) is 9.93. The molecule has 15 nitrogen and oxygen atoms in total. The number of benzene rings is 1. The first kappa shape index (κ1) is 34.2. The number of nitrogens with zero attached hydrogens (tertiary/aromatic N) is 3. The molecule has 43 heavy (non-hydrogen) atoms. The zero-order chi connectivity index (χ0) is 31.7. The van der Waals surface area contributed by atoms with Crippen LogP contribution in [0, 0.1) is 13.8 Å². The van der Waals surface area contributed by atoms with Gasteiger partial charge in [0.15, 0.2) is 11.5 Å². The Kier molecular flexibility index (Phi) is 12.3. The highest BCUT2D eigenvalue weighted by Gasteiger charge is 2.39. The quantitative estimate of drug-likeness (QED) is 0.0837. The van der Waals surface area contributed by atoms with E-state index in [0.29, 0.717) is 43.3 Å². The topological polar surface area (TPSA) is 207 Å². The fourth-order valence-electron chi connectivity index (χ4n) is 4.59. The number of H-pyrrole nitrogens is 1. The van der Waals surface area contributed by atoms with Crippen molar-refractivity contribution in [2.75, 3.05) is 33.0 Å². The molecule has 2 aliphatic heterocycles. The third-order valence-corrected chi connectivity index (χ3v) is 9.94. The highest BCUT2D eigenvalue weighted by Crippen LogP contribution is 2.24. The molecule has 5 N–H and O–H groups in total. The number of amides is 1. The molecule has 0 saturated heterocycles. The molecule has 2 heterocycles. The van der Waals surface area contributed by atoms with E-state index in [0.717, 1.165) is 11.1 Å². The standard InChI is InChI=1S/C27H41N5O10Si/c1-6-40-43(41-7-2,42-8-3)11-9-10-28-27(38)39-15-21(34)23(35)20(33)14-32-19-13-17(5)16(4)12-18(19)29-22-24(32)30-26(37)31-25(22)36/h12-13,20-21,23,33-35H,6-11,14-15H2,1-5H3,(H,28,38)(H,31,36,37)/t20-,21+,23-/m0/s1. The first-order valence-corrected chi connectivity index (χ1v) is 16.2. The number of hydrogen-bond acceptors (Lipinski definition) is 12. The molecule has 0 spiro atoms. The van der Waals surface area contributed by atoms with E-state index < -0.39 is 51.1 Å². The van der Waals surface area contributed by atoms with Crippen LogP contribution in [0.4, 0.5) is 4.79 Å². The lowest BCUT2D eigenvalue weighted by molar-refractivity contribution is -0.0816. The Morgan fingerprint density at radius 3 is 2.26 bits per heavy atom. The summed E-state index contributed by atoms with van der Waals surface area (Å²) < 4.78 is 23.8. The van der Waals surface area contributed by atoms with Gasteiger partial charge in [-0.2, -0.15) is 4.98 Å². The summed E-state index contributed by atoms with van der Waals surface area (Å²) in [6, 6.07) is 4.00. The van der Waals surface area contributed by atoms with E-state index in [1.165, 1.54) is 4.57 Å². The summed E-state index contributed by atoms with van der Waals surface area (Å²) in [5.41, 5.74) is 0.878. The normalized spacial score (nSPS) is 14.1. The second kappa shape index (κ2) is 15.5. The number of aryl methyl sites for hydroxylation is 2. The van der Waals surface area contributed by atoms with E-state index in [9.17, 15) is 29.7 Å². The first-order valence-electron chi connectivity index (χ1n) is 14.2. The van der Waals surface area contributed by atoms with Gasteiger partial charge >= 0.3 is 20.6 Å². The van der Waals surface area contributed by atoms with Crippen LogP contribution in [0.3, 0.4) is 0 Å². The molecular weight excluding hydrogens is 582 g/mol. The SMILES string of the molecule is CCO[Si](CCCNC(=O)OC[C@@H](O)[C@@H](O)[C@@H](O)Cn1c2nc(=O)[nH]c(=O)c-2nc2cc(C)c(C)cc21)(OCC)OCC. The molecule has 0 saturated carbocycles. The molecule has 1 aromatic rings. The summed E-state index contributed by atoms with van der Waals surface area (Å²) in [4.78, 5) is 46.9. The van der Waals surface area contributed by atoms with Crippen molar-refractivity contribution in [2.45, 2.75) is 71.9 Å². The number of ether oxygens (including phenoxy) is 1. The highest BCUT2D eigenvalue weighted by atomic mass is 28.4. The molecule has 0 aromatic heterocycles. The number of carbonyl (C=O) groups is 1. The van der Waals surface area contributed by atoms with Crippen molar-refractivity contribution in [2.24, 2.45) is 0 Å². The van der Waals surface area contributed by atoms with Crippen LogP contribution in [0.1, 0.15) is 38.3 Å². The van der Waals surface area contributed by atoms with Crippen LogP contribution in [0.25, 0.3) is 22.6 Å². The molecule has 0 bridgehead atoms. The van der Waals surface area contributed by atoms with Gasteiger partial charge < -0.3 is 43.2 Å². The number of aromatic amines is 1. The van der Waals surface area contributed by atoms with Gasteiger partial charge in [-0.3, -0.25) is 9.78 Å². The molecule has 0 fully saturated rings. The monoisotopic (exact) mass is 623 g/mol. The van der Waals surface area contributed by atoms with Crippen LogP contribution >= 0.6 is 0 Å². The second-order valence-corrected chi connectivity index (χ2v) is 12.7. The predicted octanol–water partition coefficient (Wildman–Crippen LogP) is 0.449. The molecule has 0 radical (unpaired) electrons. The van der Waals surface area contributed by atoms with Gasteiger partial charge in [-0.25, -0.2) is 14.6 Å². The number of hydrogen-bond donors (Lipinski definition) is 5. The highest BCUT2D eigenvalue weighted by molar-refractivity contribution is 6.60. The Labute approximate surface area is 249 Å². The van der Waals surface area contributed by atoms with Gasteiger partial charge in [-0.1, -0.05) is 0 Å². The summed E-state index contributed by atoms with van der Waals surface area (Å²) in [6.45, 7) is 9.88. The third-order valence-electron chi connectivity index (χ3n) is 6.79. The fraction of sp³-hybridized carbons (Fsp3) is 0.593. The fourth-order valence-corrected chi connectivity index (χ4v) is 7.21. The Morgan fingerprint density at radius 2 is 1.63 bits per heavy atom. The number of aliphatic hydroxyl groups excluding tert-OH is 3. The molecule has 0 aliphatic carbocycles. The minimum Gasteiger partial charge on any atom is -0.447 e. The van der Waals surface area contributed by atoms with Crippen molar-refractivity contribution in [3.63, 3.8) is 0 Å². The van der Waals surface area contributed by atoms with Gasteiger partial charge in [0, 0.05) is 32.4 Å². The Morgan fingerprint density at radius 1 is 1.00 bits per heavy atom. The lowest BCUT2D eigenvalue weighted by atomic mass is 10.1. The molecule has 2 aliphatic rings. The van der Waals surface area contributed by atoms with Gasteiger partial charge in [0.25, 0.3) is 5.56 Å². The maximum atomic E-state index is 12.5. The lowest BCUT2D eigenvalue weighted by Gasteiger charge is -2.28. The van der Waals surface area contributed by atoms with Gasteiger partial charge in [0.2, 0.25) is 0 Å². The van der Waals surface area contributed by atoms with Crippen LogP contribution in [-0.4, -0.2) is 101 Å². The maximum Gasteiger partial charge on any atom is 0.500 e. The zero-order valence-electron chi connectivity index (χ0n) is 25.1. The number of aromatic nitrogens is 4. The zero-order valence-corrected chi connectivity index (χ0v) is 26.1. The van der Waals surface area contributed by atoms with E-state index in [4.69, 9.17) is 18.0 Å². The summed E-state index contributed by atoms with van der Waals surface area (Å²) >= 11 is 0. The minimum atomic E-state index is -2.85. The van der Waals surface area contributed by atoms with Crippen molar-refractivity contribution in [3.8, 4) is 11.5 Å². The maximum absolute atomic E-state index is 12.5. The van der Waals surface area contributed by atoms with Crippen LogP contribution in [0.15, 0.2) is 21.7 Å². The molecule has 1 aromatic carbocycles. The van der Waals surface area contributed by atoms with E-state index in [1.54, 1.807) is 12.1 Å². The summed E-state index contributed by atoms with van der Waals surface area (Å²) in [5.74, 6) is -0.0917. The largest absolute Gasteiger partial charge is 0.500 e. The Hall–Kier alpha value is -3.25. The molecule has 3 rings (SSSR count). The van der Waals surface area contributed by atoms with E-state index >= 15 is 0 Å². The summed E-state index contributed by atoms with van der Waals surface area (Å²) in [7, 11) is -2.85. The molecule has 3 atom stereocenters. The third kappa shape index (κ3) is 8.66. The lowest BCUT2D eigenvalue weighted by Crippen LogP contribution is -2.46. The van der Waals surface area contributed by atoms with Crippen LogP contribution in [0.2, 0.25) is 6.04 Å². The van der Waals surface area contributed by atoms with E-state index in [1.807, 2.05) is 34.6 Å². The van der Waals surface area contributed by atoms with E-state index in [2.05, 4.69) is 20.3 Å². The average Bonchev–Trinajstić information content (AvgIpc) is 2.95. The molecule has 0 unspecified atom stereocenters. The molecule has 238 valence electrons. The summed E-state index contributed by atoms with van der Waals surface area (Å²) in [5, 5.41) is 34.5. The number of fused-ring (bicyclic) bond motifs is 2. The average molecular weight is 624 g/mol. The van der Waals surface area contributed by atoms with Gasteiger partial charge in [-0.05, 0) is 64.3 Å². The van der Waals surface area contributed by atoms with Crippen molar-refractivity contribution < 1.29 is 38.1 Å².